The van der Waals surface area contributed by atoms with Gasteiger partial charge in [-0.1, -0.05) is 26.0 Å². The Morgan fingerprint density at radius 1 is 1.03 bits per heavy atom. The van der Waals surface area contributed by atoms with Crippen molar-refractivity contribution in [2.75, 3.05) is 13.7 Å². The molecule has 360 valence electrons. The molecule has 3 heterocycles. The summed E-state index contributed by atoms with van der Waals surface area (Å²) in [6, 6.07) is 9.15. The number of sulfonamides is 1. The number of fused-ring (bicyclic) bond motifs is 4. The molecule has 2 aromatic carbocycles. The molecule has 4 aliphatic carbocycles. The first kappa shape index (κ1) is 46.7. The zero-order valence-electron chi connectivity index (χ0n) is 39.0. The number of ether oxygens (including phenoxy) is 3. The standard InChI is InChI=1S/C50H62FN5O10S/c1-27(2)65-36-13-11-30(12-14-36)40-21-33-22-42(64-6)39(51)24-38(33)45(52-40)66-37-23-41-44(57)53-50(47(59)54-67(62,63)49(5)15-16-49)25-34(50)10-8-7-9-28(3)17-29(4)43(46(58)55(41)26-37)56(48(60)61)35-19-31-18-32(31)20-35/h8,10-14,21-22,24,27-29,31-32,34-35,37,41,43H,7,9,15-20,23,25-26H2,1-6H3,(H,53,57)(H,54,59)(H,60,61)/b10-8-/t28-,29-,31+,32?,34-,35-,37-,41+,43+,50-/m1/s1. The zero-order valence-corrected chi connectivity index (χ0v) is 39.8. The lowest BCUT2D eigenvalue weighted by Gasteiger charge is -2.40. The summed E-state index contributed by atoms with van der Waals surface area (Å²) in [5.41, 5.74) is -0.424. The molecule has 5 fully saturated rings. The second kappa shape index (κ2) is 17.6. The molecule has 17 heteroatoms. The molecule has 0 radical (unpaired) electrons. The predicted octanol–water partition coefficient (Wildman–Crippen LogP) is 7.22. The molecule has 67 heavy (non-hydrogen) atoms. The predicted molar refractivity (Wildman–Crippen MR) is 247 cm³/mol. The minimum Gasteiger partial charge on any atom is -0.494 e. The molecule has 9 rings (SSSR count). The van der Waals surface area contributed by atoms with Gasteiger partial charge in [0.2, 0.25) is 27.7 Å². The summed E-state index contributed by atoms with van der Waals surface area (Å²) in [5, 5.41) is 14.7. The Morgan fingerprint density at radius 2 is 1.75 bits per heavy atom. The van der Waals surface area contributed by atoms with Crippen LogP contribution in [0.15, 0.2) is 54.6 Å². The third-order valence-corrected chi connectivity index (χ3v) is 17.4. The number of amides is 4. The molecule has 1 aromatic heterocycles. The minimum atomic E-state index is -4.07. The van der Waals surface area contributed by atoms with Gasteiger partial charge in [-0.2, -0.15) is 0 Å². The van der Waals surface area contributed by atoms with E-state index >= 15 is 9.18 Å². The van der Waals surface area contributed by atoms with Crippen LogP contribution in [-0.4, -0.2) is 106 Å². The van der Waals surface area contributed by atoms with Crippen molar-refractivity contribution in [2.45, 2.75) is 139 Å². The number of rotatable bonds is 11. The van der Waals surface area contributed by atoms with Crippen molar-refractivity contribution < 1.29 is 51.3 Å². The van der Waals surface area contributed by atoms with Crippen LogP contribution in [0.4, 0.5) is 9.18 Å². The van der Waals surface area contributed by atoms with Gasteiger partial charge in [-0.3, -0.25) is 24.0 Å². The molecule has 6 aliphatic rings. The number of allylic oxidation sites excluding steroid dienone is 1. The second-order valence-corrected chi connectivity index (χ2v) is 22.9. The normalized spacial score (nSPS) is 31.6. The monoisotopic (exact) mass is 943 g/mol. The number of hydrogen-bond donors (Lipinski definition) is 3. The van der Waals surface area contributed by atoms with Crippen LogP contribution in [0, 0.1) is 35.4 Å². The average Bonchev–Trinajstić information content (AvgIpc) is 4.23. The Kier molecular flexibility index (Phi) is 12.2. The Morgan fingerprint density at radius 3 is 2.40 bits per heavy atom. The topological polar surface area (TPSA) is 194 Å². The Balaban J connectivity index is 1.10. The number of pyridine rings is 1. The van der Waals surface area contributed by atoms with E-state index < -0.39 is 80.0 Å². The number of nitrogens with one attached hydrogen (secondary N) is 2. The van der Waals surface area contributed by atoms with Crippen molar-refractivity contribution in [1.29, 1.82) is 0 Å². The van der Waals surface area contributed by atoms with Gasteiger partial charge < -0.3 is 29.5 Å². The molecule has 0 spiro atoms. The molecule has 1 unspecified atom stereocenters. The molecule has 3 aromatic rings. The van der Waals surface area contributed by atoms with E-state index in [1.165, 1.54) is 23.0 Å². The van der Waals surface area contributed by atoms with Crippen LogP contribution in [0.3, 0.4) is 0 Å². The van der Waals surface area contributed by atoms with Gasteiger partial charge in [0.1, 0.15) is 29.5 Å². The van der Waals surface area contributed by atoms with Crippen LogP contribution < -0.4 is 24.2 Å². The lowest BCUT2D eigenvalue weighted by Crippen LogP contribution is -2.61. The van der Waals surface area contributed by atoms with Crippen molar-refractivity contribution in [3.05, 3.63) is 60.4 Å². The van der Waals surface area contributed by atoms with Gasteiger partial charge in [-0.05, 0) is 150 Å². The van der Waals surface area contributed by atoms with E-state index in [1.807, 2.05) is 57.2 Å². The summed E-state index contributed by atoms with van der Waals surface area (Å²) in [5.74, 6) is -2.09. The Hall–Kier alpha value is -5.45. The number of aromatic nitrogens is 1. The van der Waals surface area contributed by atoms with Gasteiger partial charge in [0.05, 0.1) is 30.2 Å². The first-order valence-corrected chi connectivity index (χ1v) is 25.3. The number of halogens is 1. The van der Waals surface area contributed by atoms with E-state index in [9.17, 15) is 27.9 Å². The van der Waals surface area contributed by atoms with Crippen LogP contribution in [0.5, 0.6) is 17.4 Å². The van der Waals surface area contributed by atoms with Crippen molar-refractivity contribution in [2.24, 2.45) is 29.6 Å². The number of carbonyl (C=O) groups is 4. The van der Waals surface area contributed by atoms with Gasteiger partial charge in [-0.25, -0.2) is 22.6 Å². The second-order valence-electron chi connectivity index (χ2n) is 20.7. The van der Waals surface area contributed by atoms with Crippen LogP contribution in [0.25, 0.3) is 22.0 Å². The summed E-state index contributed by atoms with van der Waals surface area (Å²) in [6.45, 7) is 9.25. The highest BCUT2D eigenvalue weighted by molar-refractivity contribution is 7.91. The van der Waals surface area contributed by atoms with Gasteiger partial charge >= 0.3 is 6.09 Å². The van der Waals surface area contributed by atoms with Gasteiger partial charge in [0, 0.05) is 29.3 Å². The number of benzene rings is 2. The van der Waals surface area contributed by atoms with E-state index in [0.29, 0.717) is 78.1 Å². The van der Waals surface area contributed by atoms with Crippen molar-refractivity contribution in [1.82, 2.24) is 24.8 Å². The van der Waals surface area contributed by atoms with Crippen molar-refractivity contribution in [3.63, 3.8) is 0 Å². The molecule has 0 bridgehead atoms. The van der Waals surface area contributed by atoms with E-state index in [2.05, 4.69) is 17.0 Å². The lowest BCUT2D eigenvalue weighted by atomic mass is 9.86. The van der Waals surface area contributed by atoms with Crippen molar-refractivity contribution >= 4 is 44.6 Å². The third kappa shape index (κ3) is 9.16. The fourth-order valence-corrected chi connectivity index (χ4v) is 12.2. The highest BCUT2D eigenvalue weighted by Crippen LogP contribution is 2.54. The highest BCUT2D eigenvalue weighted by atomic mass is 32.2. The third-order valence-electron chi connectivity index (χ3n) is 15.2. The van der Waals surface area contributed by atoms with E-state index in [1.54, 1.807) is 19.1 Å². The Bertz CT molecular complexity index is 2590. The Labute approximate surface area is 391 Å². The smallest absolute Gasteiger partial charge is 0.408 e. The quantitative estimate of drug-likeness (QED) is 0.164. The molecular weight excluding hydrogens is 882 g/mol. The maximum Gasteiger partial charge on any atom is 0.408 e. The number of nitrogens with zero attached hydrogens (tertiary/aromatic N) is 3. The highest BCUT2D eigenvalue weighted by Gasteiger charge is 2.63. The fourth-order valence-electron chi connectivity index (χ4n) is 10.9. The summed E-state index contributed by atoms with van der Waals surface area (Å²) < 4.78 is 61.4. The van der Waals surface area contributed by atoms with Gasteiger partial charge in [0.25, 0.3) is 5.91 Å². The molecule has 4 saturated carbocycles. The van der Waals surface area contributed by atoms with E-state index in [0.717, 1.165) is 12.8 Å². The number of carboxylic acid groups (broad SMARTS) is 1. The summed E-state index contributed by atoms with van der Waals surface area (Å²) in [4.78, 5) is 65.7. The van der Waals surface area contributed by atoms with Crippen LogP contribution in [0.2, 0.25) is 0 Å². The molecule has 1 saturated heterocycles. The van der Waals surface area contributed by atoms with Crippen LogP contribution in [0.1, 0.15) is 98.8 Å². The molecule has 4 amide bonds. The molecule has 15 nitrogen and oxygen atoms in total. The number of carbonyl (C=O) groups excluding carboxylic acids is 3. The maximum absolute atomic E-state index is 15.5. The molecular formula is C50H62FN5O10S. The number of methoxy groups -OCH3 is 1. The fraction of sp³-hybridized carbons (Fsp3) is 0.580. The van der Waals surface area contributed by atoms with E-state index in [-0.39, 0.29) is 49.1 Å². The zero-order chi connectivity index (χ0) is 47.7. The first-order chi connectivity index (χ1) is 31.8. The number of hydrogen-bond acceptors (Lipinski definition) is 10. The van der Waals surface area contributed by atoms with Gasteiger partial charge in [-0.15, -0.1) is 0 Å². The van der Waals surface area contributed by atoms with Crippen LogP contribution in [-0.2, 0) is 24.4 Å². The maximum atomic E-state index is 15.5. The minimum absolute atomic E-state index is 0.00701. The van der Waals surface area contributed by atoms with Crippen molar-refractivity contribution in [3.8, 4) is 28.6 Å². The molecule has 3 N–H and O–H groups in total. The summed E-state index contributed by atoms with van der Waals surface area (Å²) in [7, 11) is -2.70. The largest absolute Gasteiger partial charge is 0.494 e. The first-order valence-electron chi connectivity index (χ1n) is 23.8. The molecule has 10 atom stereocenters. The van der Waals surface area contributed by atoms with Gasteiger partial charge in [0.15, 0.2) is 11.6 Å². The SMILES string of the molecule is COc1cc2cc(-c3ccc(OC(C)C)cc3)nc(O[C@@H]3C[C@H]4C(=O)N[C@]5(C(=O)NS(=O)(=O)C6(C)CC6)C[C@H]5/C=C\CC[C@@H](C)C[C@@H](C)[C@H](N(C(=O)O)[C@H]5CC6C[C@H]6C5)C(=O)N4C3)c2cc1F. The molecule has 2 aliphatic heterocycles. The summed E-state index contributed by atoms with van der Waals surface area (Å²) in [6.07, 6.45) is 6.74. The van der Waals surface area contributed by atoms with E-state index in [4.69, 9.17) is 19.2 Å². The van der Waals surface area contributed by atoms with Crippen LogP contribution >= 0.6 is 0 Å². The lowest BCUT2D eigenvalue weighted by molar-refractivity contribution is -0.145. The average molecular weight is 944 g/mol. The summed E-state index contributed by atoms with van der Waals surface area (Å²) >= 11 is 0.